The largest absolute Gasteiger partial charge is 0.370 e. The van der Waals surface area contributed by atoms with Crippen molar-refractivity contribution in [3.05, 3.63) is 110 Å². The number of nitrogens with one attached hydrogen (secondary N) is 2. The number of rotatable bonds is 6. The predicted octanol–water partition coefficient (Wildman–Crippen LogP) is 7.98. The molecule has 0 amide bonds. The van der Waals surface area contributed by atoms with Gasteiger partial charge >= 0.3 is 5.69 Å². The molecule has 196 valence electrons. The minimum absolute atomic E-state index is 0.0272. The molecule has 0 fully saturated rings. The van der Waals surface area contributed by atoms with Gasteiger partial charge in [-0.1, -0.05) is 61.3 Å². The summed E-state index contributed by atoms with van der Waals surface area (Å²) in [5, 5.41) is 0.813. The summed E-state index contributed by atoms with van der Waals surface area (Å²) in [5.41, 5.74) is 5.51. The van der Waals surface area contributed by atoms with Crippen molar-refractivity contribution >= 4 is 62.6 Å². The molecule has 0 saturated carbocycles. The van der Waals surface area contributed by atoms with Crippen LogP contribution in [0, 0.1) is 5.82 Å². The Labute approximate surface area is 234 Å². The summed E-state index contributed by atoms with van der Waals surface area (Å²) in [6.45, 7) is 8.16. The lowest BCUT2D eigenvalue weighted by Gasteiger charge is -2.24. The van der Waals surface area contributed by atoms with Crippen LogP contribution in [0.15, 0.2) is 72.3 Å². The first-order valence-electron chi connectivity index (χ1n) is 11.8. The molecule has 6 nitrogen and oxygen atoms in total. The second-order valence-electron chi connectivity index (χ2n) is 8.25. The van der Waals surface area contributed by atoms with Crippen LogP contribution in [0.3, 0.4) is 0 Å². The lowest BCUT2D eigenvalue weighted by atomic mass is 10.1. The van der Waals surface area contributed by atoms with E-state index in [9.17, 15) is 9.18 Å². The third-order valence-electron chi connectivity index (χ3n) is 5.86. The highest BCUT2D eigenvalue weighted by molar-refractivity contribution is 6.35. The van der Waals surface area contributed by atoms with Crippen molar-refractivity contribution in [2.75, 3.05) is 7.05 Å². The SMILES string of the molecule is C=C/C=C(/c1cc(Cl)c2ncn(-c3ccc4[nH]c(=O)[nH]c4c3)c2c1)N(C)Cc1cc(F)c(Cl)cc1Cl.CC. The Morgan fingerprint density at radius 2 is 1.79 bits per heavy atom. The van der Waals surface area contributed by atoms with Gasteiger partial charge in [-0.3, -0.25) is 4.57 Å². The first-order valence-corrected chi connectivity index (χ1v) is 12.9. The van der Waals surface area contributed by atoms with Crippen molar-refractivity contribution < 1.29 is 4.39 Å². The topological polar surface area (TPSA) is 69.7 Å². The number of allylic oxidation sites excluding steroid dienone is 2. The second kappa shape index (κ2) is 11.5. The molecule has 2 heterocycles. The standard InChI is InChI=1S/C26H19Cl3FN5O.C2H6/c1-3-4-23(34(2)12-15-8-20(30)18(28)11-17(15)27)14-7-19(29)25-24(9-14)35(13-31-25)16-5-6-21-22(10-16)33-26(36)32-21;1-2/h3-11,13H,1,12H2,2H3,(H2,32,33,36);1-2H3/b23-4-;. The molecule has 10 heteroatoms. The Bertz CT molecular complexity index is 1730. The van der Waals surface area contributed by atoms with Crippen molar-refractivity contribution in [1.82, 2.24) is 24.4 Å². The molecule has 5 rings (SSSR count). The van der Waals surface area contributed by atoms with E-state index in [1.165, 1.54) is 12.1 Å². The molecule has 3 aromatic carbocycles. The second-order valence-corrected chi connectivity index (χ2v) is 9.47. The average Bonchev–Trinajstić information content (AvgIpc) is 3.49. The maximum atomic E-state index is 14.1. The molecule has 0 aliphatic rings. The minimum atomic E-state index is -0.534. The van der Waals surface area contributed by atoms with Gasteiger partial charge in [0.1, 0.15) is 17.7 Å². The van der Waals surface area contributed by atoms with Crippen LogP contribution in [0.25, 0.3) is 33.5 Å². The molecule has 0 atom stereocenters. The van der Waals surface area contributed by atoms with Crippen LogP contribution < -0.4 is 5.69 Å². The van der Waals surface area contributed by atoms with Crippen LogP contribution in [0.4, 0.5) is 4.39 Å². The van der Waals surface area contributed by atoms with Crippen LogP contribution >= 0.6 is 34.8 Å². The molecule has 0 aliphatic heterocycles. The van der Waals surface area contributed by atoms with E-state index in [1.54, 1.807) is 12.4 Å². The van der Waals surface area contributed by atoms with Gasteiger partial charge in [-0.25, -0.2) is 14.2 Å². The molecule has 0 unspecified atom stereocenters. The summed E-state index contributed by atoms with van der Waals surface area (Å²) in [7, 11) is 1.86. The van der Waals surface area contributed by atoms with E-state index in [2.05, 4.69) is 21.5 Å². The van der Waals surface area contributed by atoms with Crippen LogP contribution in [-0.2, 0) is 6.54 Å². The zero-order valence-electron chi connectivity index (χ0n) is 20.9. The van der Waals surface area contributed by atoms with Gasteiger partial charge < -0.3 is 14.9 Å². The summed E-state index contributed by atoms with van der Waals surface area (Å²) in [5.74, 6) is -0.534. The molecule has 0 saturated heterocycles. The number of imidazole rings is 2. The van der Waals surface area contributed by atoms with E-state index >= 15 is 0 Å². The number of fused-ring (bicyclic) bond motifs is 2. The third-order valence-corrected chi connectivity index (χ3v) is 6.79. The van der Waals surface area contributed by atoms with Crippen LogP contribution in [0.1, 0.15) is 25.0 Å². The maximum Gasteiger partial charge on any atom is 0.323 e. The lowest BCUT2D eigenvalue weighted by molar-refractivity contribution is 0.473. The fourth-order valence-electron chi connectivity index (χ4n) is 4.18. The van der Waals surface area contributed by atoms with E-state index in [0.717, 1.165) is 22.5 Å². The van der Waals surface area contributed by atoms with Gasteiger partial charge in [-0.05, 0) is 54.1 Å². The Balaban J connectivity index is 0.00000164. The van der Waals surface area contributed by atoms with Crippen LogP contribution in [-0.4, -0.2) is 31.5 Å². The Kier molecular flexibility index (Phi) is 8.31. The fourth-order valence-corrected chi connectivity index (χ4v) is 4.88. The van der Waals surface area contributed by atoms with Gasteiger partial charge in [0, 0.05) is 35.6 Å². The van der Waals surface area contributed by atoms with E-state index in [-0.39, 0.29) is 10.7 Å². The van der Waals surface area contributed by atoms with Gasteiger partial charge in [0.2, 0.25) is 0 Å². The number of hydrogen-bond acceptors (Lipinski definition) is 3. The molecule has 5 aromatic rings. The number of H-pyrrole nitrogens is 2. The molecular weight excluding hydrogens is 548 g/mol. The van der Waals surface area contributed by atoms with Crippen LogP contribution in [0.5, 0.6) is 0 Å². The van der Waals surface area contributed by atoms with Crippen molar-refractivity contribution in [2.45, 2.75) is 20.4 Å². The first kappa shape index (κ1) is 27.5. The van der Waals surface area contributed by atoms with Gasteiger partial charge in [-0.15, -0.1) is 0 Å². The van der Waals surface area contributed by atoms with Gasteiger partial charge in [-0.2, -0.15) is 0 Å². The molecule has 0 radical (unpaired) electrons. The quantitative estimate of drug-likeness (QED) is 0.160. The third kappa shape index (κ3) is 5.36. The molecule has 38 heavy (non-hydrogen) atoms. The van der Waals surface area contributed by atoms with Gasteiger partial charge in [0.05, 0.1) is 26.6 Å². The molecule has 0 bridgehead atoms. The summed E-state index contributed by atoms with van der Waals surface area (Å²) >= 11 is 18.8. The van der Waals surface area contributed by atoms with Gasteiger partial charge in [0.25, 0.3) is 0 Å². The summed E-state index contributed by atoms with van der Waals surface area (Å²) in [6, 6.07) is 12.1. The van der Waals surface area contributed by atoms with Crippen molar-refractivity contribution in [3.8, 4) is 5.69 Å². The predicted molar refractivity (Wildman–Crippen MR) is 156 cm³/mol. The number of benzene rings is 3. The number of aromatic nitrogens is 4. The minimum Gasteiger partial charge on any atom is -0.370 e. The fraction of sp³-hybridized carbons (Fsp3) is 0.143. The molecule has 2 N–H and O–H groups in total. The highest BCUT2D eigenvalue weighted by atomic mass is 35.5. The molecular formula is C28H25Cl3FN5O. The summed E-state index contributed by atoms with van der Waals surface area (Å²) in [4.78, 5) is 23.6. The normalized spacial score (nSPS) is 11.5. The highest BCUT2D eigenvalue weighted by Gasteiger charge is 2.17. The van der Waals surface area contributed by atoms with Crippen molar-refractivity contribution in [2.24, 2.45) is 0 Å². The molecule has 2 aromatic heterocycles. The van der Waals surface area contributed by atoms with Crippen LogP contribution in [0.2, 0.25) is 15.1 Å². The number of hydrogen-bond donors (Lipinski definition) is 2. The van der Waals surface area contributed by atoms with E-state index < -0.39 is 5.82 Å². The smallest absolute Gasteiger partial charge is 0.323 e. The van der Waals surface area contributed by atoms with Crippen molar-refractivity contribution in [3.63, 3.8) is 0 Å². The highest BCUT2D eigenvalue weighted by Crippen LogP contribution is 2.33. The lowest BCUT2D eigenvalue weighted by Crippen LogP contribution is -2.17. The Morgan fingerprint density at radius 3 is 2.53 bits per heavy atom. The number of aromatic amines is 2. The maximum absolute atomic E-state index is 14.1. The summed E-state index contributed by atoms with van der Waals surface area (Å²) in [6.07, 6.45) is 5.19. The van der Waals surface area contributed by atoms with E-state index in [0.29, 0.717) is 38.7 Å². The molecule has 0 spiro atoms. The Hall–Kier alpha value is -3.52. The molecule has 0 aliphatic carbocycles. The number of halogens is 4. The van der Waals surface area contributed by atoms with Crippen molar-refractivity contribution in [1.29, 1.82) is 0 Å². The summed E-state index contributed by atoms with van der Waals surface area (Å²) < 4.78 is 16.0. The zero-order chi connectivity index (χ0) is 27.6. The van der Waals surface area contributed by atoms with E-state index in [4.69, 9.17) is 34.8 Å². The Morgan fingerprint density at radius 1 is 1.05 bits per heavy atom. The first-order chi connectivity index (χ1) is 18.2. The van der Waals surface area contributed by atoms with E-state index in [1.807, 2.05) is 66.8 Å². The number of nitrogens with zero attached hydrogens (tertiary/aromatic N) is 3. The van der Waals surface area contributed by atoms with Gasteiger partial charge in [0.15, 0.2) is 0 Å². The monoisotopic (exact) mass is 571 g/mol. The average molecular weight is 573 g/mol. The zero-order valence-corrected chi connectivity index (χ0v) is 23.2.